The minimum atomic E-state index is -0.575. The van der Waals surface area contributed by atoms with E-state index in [0.29, 0.717) is 5.82 Å². The first-order valence-corrected chi connectivity index (χ1v) is 10.1. The summed E-state index contributed by atoms with van der Waals surface area (Å²) in [6.07, 6.45) is 0. The Bertz CT molecular complexity index is 1110. The lowest BCUT2D eigenvalue weighted by Crippen LogP contribution is -2.42. The number of fused-ring (bicyclic) bond motifs is 2. The number of aromatic nitrogens is 2. The molecule has 0 bridgehead atoms. The molecule has 2 aromatic carbocycles. The van der Waals surface area contributed by atoms with Crippen LogP contribution in [0.2, 0.25) is 10.0 Å². The normalized spacial score (nSPS) is 14.5. The van der Waals surface area contributed by atoms with Gasteiger partial charge in [-0.25, -0.2) is 4.98 Å². The molecular formula is C21H18Cl2N4O3. The van der Waals surface area contributed by atoms with E-state index in [2.05, 4.69) is 15.3 Å². The summed E-state index contributed by atoms with van der Waals surface area (Å²) in [5.41, 5.74) is 1.93. The topological polar surface area (TPSA) is 95.2 Å². The van der Waals surface area contributed by atoms with Gasteiger partial charge in [-0.1, -0.05) is 49.2 Å². The number of benzene rings is 2. The predicted octanol–water partition coefficient (Wildman–Crippen LogP) is 3.98. The highest BCUT2D eigenvalue weighted by Gasteiger charge is 2.38. The predicted molar refractivity (Wildman–Crippen MR) is 114 cm³/mol. The van der Waals surface area contributed by atoms with Gasteiger partial charge >= 0.3 is 0 Å². The van der Waals surface area contributed by atoms with Crippen LogP contribution < -0.4 is 5.32 Å². The van der Waals surface area contributed by atoms with E-state index in [9.17, 15) is 14.4 Å². The number of para-hydroxylation sites is 2. The van der Waals surface area contributed by atoms with Gasteiger partial charge in [0, 0.05) is 0 Å². The van der Waals surface area contributed by atoms with Crippen LogP contribution in [0.4, 0.5) is 0 Å². The molecular weight excluding hydrogens is 427 g/mol. The number of imidazole rings is 1. The highest BCUT2D eigenvalue weighted by atomic mass is 35.5. The third kappa shape index (κ3) is 3.55. The zero-order valence-corrected chi connectivity index (χ0v) is 17.7. The van der Waals surface area contributed by atoms with Crippen molar-refractivity contribution in [3.63, 3.8) is 0 Å². The van der Waals surface area contributed by atoms with E-state index in [-0.39, 0.29) is 27.1 Å². The van der Waals surface area contributed by atoms with E-state index in [0.717, 1.165) is 15.9 Å². The fourth-order valence-electron chi connectivity index (χ4n) is 3.46. The molecule has 1 aromatic heterocycles. The molecule has 1 atom stereocenters. The molecule has 1 aliphatic heterocycles. The van der Waals surface area contributed by atoms with Crippen molar-refractivity contribution in [1.29, 1.82) is 0 Å². The molecule has 154 valence electrons. The summed E-state index contributed by atoms with van der Waals surface area (Å²) in [4.78, 5) is 46.6. The first kappa shape index (κ1) is 20.4. The van der Waals surface area contributed by atoms with Gasteiger partial charge in [-0.2, -0.15) is 0 Å². The van der Waals surface area contributed by atoms with Crippen LogP contribution in [0.15, 0.2) is 36.4 Å². The van der Waals surface area contributed by atoms with Gasteiger partial charge in [0.1, 0.15) is 12.4 Å². The summed E-state index contributed by atoms with van der Waals surface area (Å²) in [5.74, 6) is -0.988. The Labute approximate surface area is 182 Å². The Balaban J connectivity index is 1.53. The minimum Gasteiger partial charge on any atom is -0.344 e. The van der Waals surface area contributed by atoms with Gasteiger partial charge in [0.05, 0.1) is 38.2 Å². The average molecular weight is 445 g/mol. The van der Waals surface area contributed by atoms with Crippen LogP contribution in [-0.4, -0.2) is 39.1 Å². The molecule has 0 spiro atoms. The fourth-order valence-corrected chi connectivity index (χ4v) is 3.79. The van der Waals surface area contributed by atoms with Crippen LogP contribution in [-0.2, 0) is 4.79 Å². The van der Waals surface area contributed by atoms with E-state index in [4.69, 9.17) is 23.2 Å². The second kappa shape index (κ2) is 7.74. The number of nitrogens with one attached hydrogen (secondary N) is 2. The number of nitrogens with zero attached hydrogens (tertiary/aromatic N) is 2. The smallest absolute Gasteiger partial charge is 0.262 e. The molecule has 3 amide bonds. The van der Waals surface area contributed by atoms with Gasteiger partial charge < -0.3 is 10.3 Å². The van der Waals surface area contributed by atoms with Gasteiger partial charge in [0.2, 0.25) is 5.91 Å². The molecule has 3 aromatic rings. The van der Waals surface area contributed by atoms with Crippen LogP contribution in [0.5, 0.6) is 0 Å². The lowest BCUT2D eigenvalue weighted by atomic mass is 10.0. The molecule has 4 rings (SSSR count). The molecule has 0 radical (unpaired) electrons. The summed E-state index contributed by atoms with van der Waals surface area (Å²) >= 11 is 11.9. The summed E-state index contributed by atoms with van der Waals surface area (Å²) in [5, 5.41) is 3.23. The Hall–Kier alpha value is -2.90. The van der Waals surface area contributed by atoms with Crippen LogP contribution in [0.1, 0.15) is 46.4 Å². The van der Waals surface area contributed by atoms with Crippen molar-refractivity contribution in [2.75, 3.05) is 6.54 Å². The van der Waals surface area contributed by atoms with Gasteiger partial charge in [-0.15, -0.1) is 0 Å². The lowest BCUT2D eigenvalue weighted by Gasteiger charge is -2.22. The maximum Gasteiger partial charge on any atom is 0.262 e. The summed E-state index contributed by atoms with van der Waals surface area (Å²) in [6.45, 7) is 3.49. The van der Waals surface area contributed by atoms with Crippen molar-refractivity contribution < 1.29 is 14.4 Å². The van der Waals surface area contributed by atoms with Crippen LogP contribution in [0, 0.1) is 5.92 Å². The fraction of sp³-hybridized carbons (Fsp3) is 0.238. The zero-order chi connectivity index (χ0) is 21.6. The number of halogens is 2. The van der Waals surface area contributed by atoms with E-state index in [1.54, 1.807) is 0 Å². The molecule has 9 heteroatoms. The molecule has 1 aliphatic rings. The Morgan fingerprint density at radius 2 is 1.70 bits per heavy atom. The number of carbonyl (C=O) groups excluding carboxylic acids is 3. The SMILES string of the molecule is CC(C)C(NC(=O)CN1C(=O)c2cc(Cl)c(Cl)cc2C1=O)c1nc2ccccc2[nH]1. The van der Waals surface area contributed by atoms with E-state index in [1.807, 2.05) is 38.1 Å². The highest BCUT2D eigenvalue weighted by molar-refractivity contribution is 6.43. The van der Waals surface area contributed by atoms with Crippen molar-refractivity contribution in [2.24, 2.45) is 5.92 Å². The summed E-state index contributed by atoms with van der Waals surface area (Å²) in [7, 11) is 0. The highest BCUT2D eigenvalue weighted by Crippen LogP contribution is 2.31. The number of carbonyl (C=O) groups is 3. The van der Waals surface area contributed by atoms with Gasteiger partial charge in [-0.05, 0) is 30.2 Å². The third-order valence-electron chi connectivity index (χ3n) is 5.00. The molecule has 30 heavy (non-hydrogen) atoms. The van der Waals surface area contributed by atoms with Crippen LogP contribution in [0.25, 0.3) is 11.0 Å². The van der Waals surface area contributed by atoms with Crippen LogP contribution in [0.3, 0.4) is 0 Å². The molecule has 0 saturated heterocycles. The molecule has 7 nitrogen and oxygen atoms in total. The Morgan fingerprint density at radius 1 is 1.10 bits per heavy atom. The average Bonchev–Trinajstić information content (AvgIpc) is 3.22. The standard InChI is InChI=1S/C21H18Cl2N4O3/c1-10(2)18(19-24-15-5-3-4-6-16(15)25-19)26-17(28)9-27-20(29)11-7-13(22)14(23)8-12(11)21(27)30/h3-8,10,18H,9H2,1-2H3,(H,24,25)(H,26,28). The molecule has 0 aliphatic carbocycles. The number of rotatable bonds is 5. The Kier molecular flexibility index (Phi) is 5.26. The molecule has 2 N–H and O–H groups in total. The maximum atomic E-state index is 12.7. The van der Waals surface area contributed by atoms with Crippen molar-refractivity contribution >= 4 is 52.0 Å². The van der Waals surface area contributed by atoms with E-state index in [1.165, 1.54) is 12.1 Å². The van der Waals surface area contributed by atoms with Gasteiger partial charge in [0.15, 0.2) is 0 Å². The zero-order valence-electron chi connectivity index (χ0n) is 16.2. The first-order chi connectivity index (χ1) is 14.3. The Morgan fingerprint density at radius 3 is 2.27 bits per heavy atom. The first-order valence-electron chi connectivity index (χ1n) is 9.35. The lowest BCUT2D eigenvalue weighted by molar-refractivity contribution is -0.122. The van der Waals surface area contributed by atoms with Crippen molar-refractivity contribution in [1.82, 2.24) is 20.2 Å². The van der Waals surface area contributed by atoms with E-state index < -0.39 is 30.3 Å². The monoisotopic (exact) mass is 444 g/mol. The molecule has 1 unspecified atom stereocenters. The number of aromatic amines is 1. The number of hydrogen-bond donors (Lipinski definition) is 2. The second-order valence-electron chi connectivity index (χ2n) is 7.44. The maximum absolute atomic E-state index is 12.7. The van der Waals surface area contributed by atoms with Gasteiger partial charge in [0.25, 0.3) is 11.8 Å². The molecule has 2 heterocycles. The molecule has 0 fully saturated rings. The number of hydrogen-bond acceptors (Lipinski definition) is 4. The largest absolute Gasteiger partial charge is 0.344 e. The number of H-pyrrole nitrogens is 1. The minimum absolute atomic E-state index is 0.0225. The van der Waals surface area contributed by atoms with E-state index >= 15 is 0 Å². The number of amides is 3. The van der Waals surface area contributed by atoms with Gasteiger partial charge in [-0.3, -0.25) is 19.3 Å². The van der Waals surface area contributed by atoms with Crippen molar-refractivity contribution in [3.05, 3.63) is 63.4 Å². The quantitative estimate of drug-likeness (QED) is 0.581. The second-order valence-corrected chi connectivity index (χ2v) is 8.25. The third-order valence-corrected chi connectivity index (χ3v) is 5.72. The summed E-state index contributed by atoms with van der Waals surface area (Å²) in [6, 6.07) is 9.85. The van der Waals surface area contributed by atoms with Crippen molar-refractivity contribution in [3.8, 4) is 0 Å². The van der Waals surface area contributed by atoms with Crippen molar-refractivity contribution in [2.45, 2.75) is 19.9 Å². The summed E-state index contributed by atoms with van der Waals surface area (Å²) < 4.78 is 0. The molecule has 0 saturated carbocycles. The number of imide groups is 1. The van der Waals surface area contributed by atoms with Crippen LogP contribution >= 0.6 is 23.2 Å².